The number of rotatable bonds is 5. The summed E-state index contributed by atoms with van der Waals surface area (Å²) in [6.45, 7) is 0. The highest BCUT2D eigenvalue weighted by Crippen LogP contribution is 2.27. The van der Waals surface area contributed by atoms with Gasteiger partial charge in [0, 0.05) is 23.0 Å². The molecule has 0 spiro atoms. The second kappa shape index (κ2) is 8.84. The molecule has 0 aromatic heterocycles. The van der Waals surface area contributed by atoms with Crippen LogP contribution in [-0.2, 0) is 19.1 Å². The lowest BCUT2D eigenvalue weighted by atomic mass is 10.0. The van der Waals surface area contributed by atoms with Crippen LogP contribution >= 0.6 is 0 Å². The van der Waals surface area contributed by atoms with E-state index in [0.717, 1.165) is 0 Å². The number of esters is 2. The predicted octanol–water partition coefficient (Wildman–Crippen LogP) is 3.41. The molecule has 1 aliphatic heterocycles. The van der Waals surface area contributed by atoms with Crippen molar-refractivity contribution in [2.75, 3.05) is 19.1 Å². The molecule has 0 radical (unpaired) electrons. The van der Waals surface area contributed by atoms with Crippen molar-refractivity contribution >= 4 is 23.4 Å². The number of carbonyl (C=O) groups excluding carboxylic acids is 3. The van der Waals surface area contributed by atoms with Gasteiger partial charge in [0.05, 0.1) is 19.8 Å². The maximum absolute atomic E-state index is 12.8. The van der Waals surface area contributed by atoms with Crippen molar-refractivity contribution in [3.8, 4) is 0 Å². The largest absolute Gasteiger partial charge is 0.465 e. The zero-order chi connectivity index (χ0) is 20.8. The maximum atomic E-state index is 12.8. The molecule has 0 atom stereocenters. The SMILES string of the molecule is COC(=O)C1=C(C(=O)OC)N(c2cccc(C(=O)c3ccccc3)c2)C=CC=C1. The highest BCUT2D eigenvalue weighted by Gasteiger charge is 2.27. The van der Waals surface area contributed by atoms with E-state index < -0.39 is 11.9 Å². The Kier molecular flexibility index (Phi) is 6.04. The van der Waals surface area contributed by atoms with Crippen LogP contribution in [-0.4, -0.2) is 31.9 Å². The van der Waals surface area contributed by atoms with E-state index >= 15 is 0 Å². The minimum Gasteiger partial charge on any atom is -0.465 e. The van der Waals surface area contributed by atoms with Gasteiger partial charge in [-0.05, 0) is 24.3 Å². The highest BCUT2D eigenvalue weighted by atomic mass is 16.5. The molecule has 0 amide bonds. The first kappa shape index (κ1) is 19.8. The van der Waals surface area contributed by atoms with Crippen LogP contribution < -0.4 is 4.90 Å². The van der Waals surface area contributed by atoms with Crippen LogP contribution in [0.3, 0.4) is 0 Å². The van der Waals surface area contributed by atoms with Gasteiger partial charge in [0.1, 0.15) is 5.70 Å². The summed E-state index contributed by atoms with van der Waals surface area (Å²) in [7, 11) is 2.47. The second-order valence-corrected chi connectivity index (χ2v) is 6.06. The summed E-state index contributed by atoms with van der Waals surface area (Å²) in [5.74, 6) is -1.53. The quantitative estimate of drug-likeness (QED) is 0.576. The summed E-state index contributed by atoms with van der Waals surface area (Å²) in [5, 5.41) is 0. The molecule has 0 N–H and O–H groups in total. The van der Waals surface area contributed by atoms with E-state index in [2.05, 4.69) is 0 Å². The Labute approximate surface area is 168 Å². The Hall–Kier alpha value is -3.93. The Morgan fingerprint density at radius 1 is 0.793 bits per heavy atom. The fourth-order valence-corrected chi connectivity index (χ4v) is 2.92. The van der Waals surface area contributed by atoms with Crippen molar-refractivity contribution in [3.05, 3.63) is 101 Å². The normalized spacial score (nSPS) is 13.1. The van der Waals surface area contributed by atoms with Crippen LogP contribution in [0.5, 0.6) is 0 Å². The zero-order valence-corrected chi connectivity index (χ0v) is 16.0. The molecule has 6 nitrogen and oxygen atoms in total. The van der Waals surface area contributed by atoms with Gasteiger partial charge in [0.25, 0.3) is 0 Å². The molecule has 0 unspecified atom stereocenters. The molecule has 29 heavy (non-hydrogen) atoms. The first-order chi connectivity index (χ1) is 14.1. The average Bonchev–Trinajstić information content (AvgIpc) is 3.01. The highest BCUT2D eigenvalue weighted by molar-refractivity contribution is 6.10. The summed E-state index contributed by atoms with van der Waals surface area (Å²) in [6, 6.07) is 15.7. The lowest BCUT2D eigenvalue weighted by Gasteiger charge is -2.23. The van der Waals surface area contributed by atoms with E-state index in [9.17, 15) is 14.4 Å². The number of hydrogen-bond acceptors (Lipinski definition) is 6. The van der Waals surface area contributed by atoms with Gasteiger partial charge in [0.15, 0.2) is 5.78 Å². The molecule has 1 heterocycles. The molecule has 0 saturated heterocycles. The predicted molar refractivity (Wildman–Crippen MR) is 108 cm³/mol. The zero-order valence-electron chi connectivity index (χ0n) is 16.0. The third-order valence-corrected chi connectivity index (χ3v) is 4.31. The molecule has 1 aliphatic rings. The van der Waals surface area contributed by atoms with Crippen LogP contribution in [0.25, 0.3) is 0 Å². The Morgan fingerprint density at radius 3 is 2.17 bits per heavy atom. The summed E-state index contributed by atoms with van der Waals surface area (Å²) < 4.78 is 9.70. The van der Waals surface area contributed by atoms with Crippen LogP contribution in [0.4, 0.5) is 5.69 Å². The Balaban J connectivity index is 2.09. The molecule has 146 valence electrons. The Bertz CT molecular complexity index is 1030. The van der Waals surface area contributed by atoms with E-state index in [4.69, 9.17) is 9.47 Å². The van der Waals surface area contributed by atoms with Gasteiger partial charge < -0.3 is 14.4 Å². The van der Waals surface area contributed by atoms with Crippen molar-refractivity contribution in [1.82, 2.24) is 0 Å². The van der Waals surface area contributed by atoms with E-state index in [1.165, 1.54) is 25.2 Å². The van der Waals surface area contributed by atoms with E-state index in [1.54, 1.807) is 66.9 Å². The van der Waals surface area contributed by atoms with Crippen molar-refractivity contribution in [2.24, 2.45) is 0 Å². The van der Waals surface area contributed by atoms with Crippen molar-refractivity contribution < 1.29 is 23.9 Å². The molecule has 0 saturated carbocycles. The van der Waals surface area contributed by atoms with E-state index in [0.29, 0.717) is 16.8 Å². The third kappa shape index (κ3) is 4.16. The summed E-state index contributed by atoms with van der Waals surface area (Å²) in [4.78, 5) is 39.1. The van der Waals surface area contributed by atoms with Gasteiger partial charge in [-0.1, -0.05) is 48.5 Å². The summed E-state index contributed by atoms with van der Waals surface area (Å²) >= 11 is 0. The molecule has 6 heteroatoms. The fourth-order valence-electron chi connectivity index (χ4n) is 2.92. The number of hydrogen-bond donors (Lipinski definition) is 0. The molecule has 0 bridgehead atoms. The maximum Gasteiger partial charge on any atom is 0.355 e. The lowest BCUT2D eigenvalue weighted by Crippen LogP contribution is -2.27. The molecule has 0 aliphatic carbocycles. The molecule has 2 aromatic rings. The van der Waals surface area contributed by atoms with Gasteiger partial charge in [0.2, 0.25) is 0 Å². The van der Waals surface area contributed by atoms with Crippen molar-refractivity contribution in [2.45, 2.75) is 0 Å². The second-order valence-electron chi connectivity index (χ2n) is 6.06. The van der Waals surface area contributed by atoms with Crippen LogP contribution in [0, 0.1) is 0 Å². The number of allylic oxidation sites excluding steroid dienone is 2. The molecular weight excluding hydrogens is 370 g/mol. The number of nitrogens with zero attached hydrogens (tertiary/aromatic N) is 1. The summed E-state index contributed by atoms with van der Waals surface area (Å²) in [6.07, 6.45) is 6.39. The van der Waals surface area contributed by atoms with Gasteiger partial charge in [-0.15, -0.1) is 0 Å². The van der Waals surface area contributed by atoms with Crippen LogP contribution in [0.15, 0.2) is 90.3 Å². The molecular formula is C23H19NO5. The lowest BCUT2D eigenvalue weighted by molar-refractivity contribution is -0.139. The number of benzene rings is 2. The molecule has 3 rings (SSSR count). The monoisotopic (exact) mass is 389 g/mol. The van der Waals surface area contributed by atoms with Crippen molar-refractivity contribution in [1.29, 1.82) is 0 Å². The smallest absolute Gasteiger partial charge is 0.355 e. The number of anilines is 1. The fraction of sp³-hybridized carbons (Fsp3) is 0.0870. The summed E-state index contributed by atoms with van der Waals surface area (Å²) in [5.41, 5.74) is 1.56. The number of carbonyl (C=O) groups is 3. The van der Waals surface area contributed by atoms with Gasteiger partial charge in [-0.2, -0.15) is 0 Å². The molecule has 2 aromatic carbocycles. The number of ketones is 1. The number of methoxy groups -OCH3 is 2. The number of ether oxygens (including phenoxy) is 2. The minimum atomic E-state index is -0.707. The average molecular weight is 389 g/mol. The van der Waals surface area contributed by atoms with Crippen LogP contribution in [0.1, 0.15) is 15.9 Å². The van der Waals surface area contributed by atoms with Crippen LogP contribution in [0.2, 0.25) is 0 Å². The third-order valence-electron chi connectivity index (χ3n) is 4.31. The van der Waals surface area contributed by atoms with Gasteiger partial charge >= 0.3 is 11.9 Å². The van der Waals surface area contributed by atoms with E-state index in [1.807, 2.05) is 6.07 Å². The molecule has 0 fully saturated rings. The Morgan fingerprint density at radius 2 is 1.48 bits per heavy atom. The van der Waals surface area contributed by atoms with Crippen molar-refractivity contribution in [3.63, 3.8) is 0 Å². The van der Waals surface area contributed by atoms with Gasteiger partial charge in [-0.25, -0.2) is 9.59 Å². The topological polar surface area (TPSA) is 72.9 Å². The van der Waals surface area contributed by atoms with E-state index in [-0.39, 0.29) is 17.1 Å². The van der Waals surface area contributed by atoms with Gasteiger partial charge in [-0.3, -0.25) is 4.79 Å². The standard InChI is InChI=1S/C23H19NO5/c1-28-22(26)19-13-6-7-14-24(20(19)23(27)29-2)18-12-8-11-17(15-18)21(25)16-9-4-3-5-10-16/h3-15H,1-2H3. The minimum absolute atomic E-state index is 0.00587. The first-order valence-corrected chi connectivity index (χ1v) is 8.81. The first-order valence-electron chi connectivity index (χ1n) is 8.81.